The number of aromatic nitrogens is 4. The van der Waals surface area contributed by atoms with E-state index in [9.17, 15) is 4.79 Å². The van der Waals surface area contributed by atoms with Gasteiger partial charge in [-0.05, 0) is 16.8 Å². The van der Waals surface area contributed by atoms with E-state index in [1.807, 2.05) is 6.92 Å². The minimum atomic E-state index is -0.871. The largest absolute Gasteiger partial charge is 0.481 e. The lowest BCUT2D eigenvalue weighted by molar-refractivity contribution is -0.138. The summed E-state index contributed by atoms with van der Waals surface area (Å²) in [6.07, 6.45) is 0.302. The van der Waals surface area contributed by atoms with E-state index in [4.69, 9.17) is 14.6 Å². The second-order valence-corrected chi connectivity index (χ2v) is 4.08. The third kappa shape index (κ3) is 2.82. The number of rotatable bonds is 5. The van der Waals surface area contributed by atoms with Crippen molar-refractivity contribution in [3.8, 4) is 0 Å². The molecule has 8 heteroatoms. The lowest BCUT2D eigenvalue weighted by Gasteiger charge is -2.23. The van der Waals surface area contributed by atoms with Crippen LogP contribution in [-0.2, 0) is 14.3 Å². The van der Waals surface area contributed by atoms with Gasteiger partial charge >= 0.3 is 5.97 Å². The SMILES string of the molecule is CCC(CC(=O)O)n1nnnc1C1COCCO1. The van der Waals surface area contributed by atoms with Gasteiger partial charge < -0.3 is 14.6 Å². The molecule has 0 aromatic carbocycles. The predicted octanol–water partition coefficient (Wildman–Crippen LogP) is 0.187. The van der Waals surface area contributed by atoms with Crippen LogP contribution in [0.25, 0.3) is 0 Å². The molecule has 1 aromatic rings. The highest BCUT2D eigenvalue weighted by molar-refractivity contribution is 5.67. The van der Waals surface area contributed by atoms with Gasteiger partial charge in [-0.15, -0.1) is 5.10 Å². The van der Waals surface area contributed by atoms with Crippen LogP contribution in [0.4, 0.5) is 0 Å². The minimum absolute atomic E-state index is 0.0118. The van der Waals surface area contributed by atoms with Crippen molar-refractivity contribution < 1.29 is 19.4 Å². The van der Waals surface area contributed by atoms with Gasteiger partial charge in [0.15, 0.2) is 5.82 Å². The Labute approximate surface area is 104 Å². The maximum atomic E-state index is 10.8. The number of nitrogens with zero attached hydrogens (tertiary/aromatic N) is 4. The molecule has 2 unspecified atom stereocenters. The summed E-state index contributed by atoms with van der Waals surface area (Å²) < 4.78 is 12.4. The molecule has 100 valence electrons. The number of tetrazole rings is 1. The van der Waals surface area contributed by atoms with Gasteiger partial charge in [-0.1, -0.05) is 6.92 Å². The summed E-state index contributed by atoms with van der Waals surface area (Å²) >= 11 is 0. The Morgan fingerprint density at radius 3 is 3.06 bits per heavy atom. The molecule has 8 nitrogen and oxygen atoms in total. The molecule has 0 radical (unpaired) electrons. The maximum absolute atomic E-state index is 10.8. The average Bonchev–Trinajstić information content (AvgIpc) is 2.86. The summed E-state index contributed by atoms with van der Waals surface area (Å²) in [6, 6.07) is -0.266. The zero-order valence-corrected chi connectivity index (χ0v) is 10.2. The van der Waals surface area contributed by atoms with Crippen molar-refractivity contribution in [1.82, 2.24) is 20.2 Å². The Bertz CT molecular complexity index is 402. The van der Waals surface area contributed by atoms with Crippen LogP contribution in [0.5, 0.6) is 0 Å². The van der Waals surface area contributed by atoms with Crippen LogP contribution >= 0.6 is 0 Å². The first-order valence-corrected chi connectivity index (χ1v) is 5.91. The Morgan fingerprint density at radius 1 is 1.61 bits per heavy atom. The molecule has 18 heavy (non-hydrogen) atoms. The van der Waals surface area contributed by atoms with Crippen LogP contribution in [0, 0.1) is 0 Å². The molecule has 0 aliphatic carbocycles. The zero-order valence-electron chi connectivity index (χ0n) is 10.2. The molecule has 1 N–H and O–H groups in total. The fourth-order valence-electron chi connectivity index (χ4n) is 1.91. The summed E-state index contributed by atoms with van der Waals surface area (Å²) in [5.41, 5.74) is 0. The Kier molecular flexibility index (Phi) is 4.21. The van der Waals surface area contributed by atoms with Gasteiger partial charge in [-0.25, -0.2) is 4.68 Å². The lowest BCUT2D eigenvalue weighted by atomic mass is 10.1. The van der Waals surface area contributed by atoms with Gasteiger partial charge in [-0.2, -0.15) is 0 Å². The predicted molar refractivity (Wildman–Crippen MR) is 58.9 cm³/mol. The molecule has 1 aliphatic rings. The first-order chi connectivity index (χ1) is 8.72. The van der Waals surface area contributed by atoms with Gasteiger partial charge in [0, 0.05) is 0 Å². The lowest BCUT2D eigenvalue weighted by Crippen LogP contribution is -2.27. The van der Waals surface area contributed by atoms with Gasteiger partial charge in [0.2, 0.25) is 0 Å². The first-order valence-electron chi connectivity index (χ1n) is 5.91. The number of carbonyl (C=O) groups is 1. The molecule has 1 aromatic heterocycles. The molecule has 1 saturated heterocycles. The molecule has 0 bridgehead atoms. The second kappa shape index (κ2) is 5.87. The van der Waals surface area contributed by atoms with Crippen molar-refractivity contribution >= 4 is 5.97 Å². The summed E-state index contributed by atoms with van der Waals surface area (Å²) in [7, 11) is 0. The maximum Gasteiger partial charge on any atom is 0.305 e. The molecular weight excluding hydrogens is 240 g/mol. The topological polar surface area (TPSA) is 99.4 Å². The van der Waals surface area contributed by atoms with Gasteiger partial charge in [0.25, 0.3) is 0 Å². The van der Waals surface area contributed by atoms with Crippen LogP contribution in [-0.4, -0.2) is 51.1 Å². The summed E-state index contributed by atoms with van der Waals surface area (Å²) in [5.74, 6) is -0.341. The third-order valence-corrected chi connectivity index (χ3v) is 2.85. The monoisotopic (exact) mass is 256 g/mol. The number of carboxylic acid groups (broad SMARTS) is 1. The van der Waals surface area contributed by atoms with Crippen LogP contribution < -0.4 is 0 Å². The van der Waals surface area contributed by atoms with E-state index in [0.29, 0.717) is 32.1 Å². The third-order valence-electron chi connectivity index (χ3n) is 2.85. The molecule has 0 amide bonds. The number of ether oxygens (including phenoxy) is 2. The summed E-state index contributed by atoms with van der Waals surface area (Å²) in [4.78, 5) is 10.8. The molecule has 1 fully saturated rings. The molecule has 2 rings (SSSR count). The van der Waals surface area contributed by atoms with E-state index in [1.165, 1.54) is 4.68 Å². The van der Waals surface area contributed by atoms with Crippen molar-refractivity contribution in [3.63, 3.8) is 0 Å². The average molecular weight is 256 g/mol. The van der Waals surface area contributed by atoms with Crippen LogP contribution in [0.3, 0.4) is 0 Å². The van der Waals surface area contributed by atoms with Gasteiger partial charge in [0.05, 0.1) is 32.3 Å². The molecular formula is C10H16N4O4. The van der Waals surface area contributed by atoms with Crippen LogP contribution in [0.15, 0.2) is 0 Å². The number of carboxylic acids is 1. The smallest absolute Gasteiger partial charge is 0.305 e. The van der Waals surface area contributed by atoms with Crippen molar-refractivity contribution in [2.45, 2.75) is 31.9 Å². The molecule has 0 saturated carbocycles. The molecule has 0 spiro atoms. The quantitative estimate of drug-likeness (QED) is 0.802. The van der Waals surface area contributed by atoms with Crippen LogP contribution in [0.1, 0.15) is 37.7 Å². The fraction of sp³-hybridized carbons (Fsp3) is 0.800. The van der Waals surface area contributed by atoms with Crippen molar-refractivity contribution in [2.24, 2.45) is 0 Å². The minimum Gasteiger partial charge on any atom is -0.481 e. The Balaban J connectivity index is 2.16. The zero-order chi connectivity index (χ0) is 13.0. The summed E-state index contributed by atoms with van der Waals surface area (Å²) in [6.45, 7) is 3.35. The van der Waals surface area contributed by atoms with E-state index in [-0.39, 0.29) is 18.6 Å². The van der Waals surface area contributed by atoms with E-state index in [2.05, 4.69) is 15.5 Å². The van der Waals surface area contributed by atoms with Crippen molar-refractivity contribution in [2.75, 3.05) is 19.8 Å². The van der Waals surface area contributed by atoms with E-state index in [1.54, 1.807) is 0 Å². The molecule has 2 heterocycles. The second-order valence-electron chi connectivity index (χ2n) is 4.08. The highest BCUT2D eigenvalue weighted by Crippen LogP contribution is 2.23. The molecule has 1 aliphatic heterocycles. The fourth-order valence-corrected chi connectivity index (χ4v) is 1.91. The number of aliphatic carboxylic acids is 1. The molecule has 2 atom stereocenters. The first kappa shape index (κ1) is 12.9. The van der Waals surface area contributed by atoms with E-state index < -0.39 is 5.97 Å². The number of hydrogen-bond donors (Lipinski definition) is 1. The highest BCUT2D eigenvalue weighted by Gasteiger charge is 2.27. The van der Waals surface area contributed by atoms with Gasteiger partial charge in [0.1, 0.15) is 6.10 Å². The van der Waals surface area contributed by atoms with Gasteiger partial charge in [-0.3, -0.25) is 4.79 Å². The summed E-state index contributed by atoms with van der Waals surface area (Å²) in [5, 5.41) is 20.3. The van der Waals surface area contributed by atoms with E-state index in [0.717, 1.165) is 0 Å². The standard InChI is InChI=1S/C10H16N4O4/c1-2-7(5-9(15)16)14-10(11-12-13-14)8-6-17-3-4-18-8/h7-8H,2-6H2,1H3,(H,15,16). The van der Waals surface area contributed by atoms with Crippen LogP contribution in [0.2, 0.25) is 0 Å². The Hall–Kier alpha value is -1.54. The van der Waals surface area contributed by atoms with Crippen molar-refractivity contribution in [1.29, 1.82) is 0 Å². The Morgan fingerprint density at radius 2 is 2.44 bits per heavy atom. The van der Waals surface area contributed by atoms with E-state index >= 15 is 0 Å². The van der Waals surface area contributed by atoms with Crippen molar-refractivity contribution in [3.05, 3.63) is 5.82 Å². The number of hydrogen-bond acceptors (Lipinski definition) is 6. The highest BCUT2D eigenvalue weighted by atomic mass is 16.6. The normalized spacial score (nSPS) is 21.7.